The van der Waals surface area contributed by atoms with E-state index in [1.165, 1.54) is 4.90 Å². The Kier molecular flexibility index (Phi) is 5.93. The van der Waals surface area contributed by atoms with E-state index in [4.69, 9.17) is 10.8 Å². The number of nitrogens with two attached hydrogens (primary N) is 1. The van der Waals surface area contributed by atoms with Crippen molar-refractivity contribution in [1.82, 2.24) is 9.99 Å². The van der Waals surface area contributed by atoms with E-state index >= 15 is 0 Å². The van der Waals surface area contributed by atoms with Gasteiger partial charge >= 0.3 is 5.97 Å². The number of aliphatic carboxylic acids is 1. The predicted octanol–water partition coefficient (Wildman–Crippen LogP) is -0.814. The highest BCUT2D eigenvalue weighted by molar-refractivity contribution is 7.55. The van der Waals surface area contributed by atoms with Gasteiger partial charge in [0, 0.05) is 12.7 Å². The third-order valence-electron chi connectivity index (χ3n) is 2.88. The molecule has 2 unspecified atom stereocenters. The quantitative estimate of drug-likeness (QED) is 0.451. The summed E-state index contributed by atoms with van der Waals surface area (Å²) in [6.07, 6.45) is 1.43. The third-order valence-corrected chi connectivity index (χ3v) is 4.52. The van der Waals surface area contributed by atoms with Gasteiger partial charge in [-0.2, -0.15) is 0 Å². The molecule has 1 heterocycles. The lowest BCUT2D eigenvalue weighted by atomic mass is 10.1. The molecule has 1 amide bonds. The standard InChI is InChI=1S/C10H20N3O5P/c11-4-2-6-19(17,18)12-8-3-1-5-13(10(8)16)7-9(14)15/h8H,1-7,11H2,(H,14,15)(H2,12,17,18). The Morgan fingerprint density at radius 2 is 2.26 bits per heavy atom. The fourth-order valence-electron chi connectivity index (χ4n) is 1.99. The summed E-state index contributed by atoms with van der Waals surface area (Å²) in [7, 11) is -3.60. The molecule has 0 aromatic carbocycles. The van der Waals surface area contributed by atoms with E-state index in [0.717, 1.165) is 0 Å². The number of hydrogen-bond donors (Lipinski definition) is 4. The Labute approximate surface area is 111 Å². The van der Waals surface area contributed by atoms with Crippen LogP contribution in [-0.4, -0.2) is 58.6 Å². The summed E-state index contributed by atoms with van der Waals surface area (Å²) in [5.41, 5.74) is 5.27. The van der Waals surface area contributed by atoms with Crippen molar-refractivity contribution in [3.8, 4) is 0 Å². The second-order valence-corrected chi connectivity index (χ2v) is 6.65. The summed E-state index contributed by atoms with van der Waals surface area (Å²) in [5.74, 6) is -1.53. The number of amides is 1. The summed E-state index contributed by atoms with van der Waals surface area (Å²) >= 11 is 0. The summed E-state index contributed by atoms with van der Waals surface area (Å²) < 4.78 is 11.8. The second-order valence-electron chi connectivity index (χ2n) is 4.54. The van der Waals surface area contributed by atoms with Gasteiger partial charge in [0.05, 0.1) is 6.04 Å². The number of carbonyl (C=O) groups excluding carboxylic acids is 1. The fourth-order valence-corrected chi connectivity index (χ4v) is 3.46. The Balaban J connectivity index is 2.60. The van der Waals surface area contributed by atoms with Crippen molar-refractivity contribution in [2.75, 3.05) is 25.8 Å². The highest BCUT2D eigenvalue weighted by Gasteiger charge is 2.33. The van der Waals surface area contributed by atoms with E-state index < -0.39 is 25.4 Å². The van der Waals surface area contributed by atoms with Crippen LogP contribution in [0.4, 0.5) is 0 Å². The van der Waals surface area contributed by atoms with Crippen LogP contribution in [0, 0.1) is 0 Å². The minimum atomic E-state index is -3.60. The summed E-state index contributed by atoms with van der Waals surface area (Å²) in [6.45, 7) is 0.285. The van der Waals surface area contributed by atoms with Crippen LogP contribution in [0.1, 0.15) is 19.3 Å². The Morgan fingerprint density at radius 3 is 2.84 bits per heavy atom. The largest absolute Gasteiger partial charge is 0.480 e. The van der Waals surface area contributed by atoms with E-state index in [-0.39, 0.29) is 12.7 Å². The van der Waals surface area contributed by atoms with E-state index in [9.17, 15) is 19.0 Å². The van der Waals surface area contributed by atoms with Crippen LogP contribution < -0.4 is 10.8 Å². The van der Waals surface area contributed by atoms with Crippen LogP contribution in [0.15, 0.2) is 0 Å². The molecule has 0 saturated carbocycles. The van der Waals surface area contributed by atoms with Crippen LogP contribution in [0.5, 0.6) is 0 Å². The molecule has 1 saturated heterocycles. The molecule has 110 valence electrons. The van der Waals surface area contributed by atoms with Gasteiger partial charge in [0.15, 0.2) is 0 Å². The number of rotatable bonds is 7. The molecule has 1 aliphatic heterocycles. The Morgan fingerprint density at radius 1 is 1.58 bits per heavy atom. The molecular weight excluding hydrogens is 273 g/mol. The van der Waals surface area contributed by atoms with Gasteiger partial charge in [-0.3, -0.25) is 14.2 Å². The first-order valence-electron chi connectivity index (χ1n) is 6.16. The van der Waals surface area contributed by atoms with Gasteiger partial charge in [0.1, 0.15) is 6.54 Å². The van der Waals surface area contributed by atoms with Crippen molar-refractivity contribution in [1.29, 1.82) is 0 Å². The van der Waals surface area contributed by atoms with Crippen LogP contribution in [0.3, 0.4) is 0 Å². The van der Waals surface area contributed by atoms with Crippen molar-refractivity contribution in [3.05, 3.63) is 0 Å². The van der Waals surface area contributed by atoms with Crippen LogP contribution >= 0.6 is 7.52 Å². The highest BCUT2D eigenvalue weighted by atomic mass is 31.2. The molecule has 8 nitrogen and oxygen atoms in total. The molecule has 0 aliphatic carbocycles. The topological polar surface area (TPSA) is 133 Å². The number of piperidine rings is 1. The second kappa shape index (κ2) is 7.00. The predicted molar refractivity (Wildman–Crippen MR) is 68.7 cm³/mol. The van der Waals surface area contributed by atoms with Crippen molar-refractivity contribution in [2.24, 2.45) is 5.73 Å². The molecule has 0 aromatic heterocycles. The molecule has 0 aromatic rings. The zero-order chi connectivity index (χ0) is 14.5. The van der Waals surface area contributed by atoms with E-state index in [1.807, 2.05) is 0 Å². The average molecular weight is 293 g/mol. The van der Waals surface area contributed by atoms with Gasteiger partial charge in [-0.25, -0.2) is 5.09 Å². The van der Waals surface area contributed by atoms with Crippen molar-refractivity contribution in [3.63, 3.8) is 0 Å². The number of nitrogens with zero attached hydrogens (tertiary/aromatic N) is 1. The fraction of sp³-hybridized carbons (Fsp3) is 0.800. The number of carbonyl (C=O) groups is 2. The molecular formula is C10H20N3O5P. The molecule has 9 heteroatoms. The highest BCUT2D eigenvalue weighted by Crippen LogP contribution is 2.37. The zero-order valence-corrected chi connectivity index (χ0v) is 11.5. The molecule has 2 atom stereocenters. The molecule has 0 bridgehead atoms. The molecule has 5 N–H and O–H groups in total. The van der Waals surface area contributed by atoms with E-state index in [0.29, 0.717) is 32.4 Å². The van der Waals surface area contributed by atoms with E-state index in [2.05, 4.69) is 5.09 Å². The van der Waals surface area contributed by atoms with Gasteiger partial charge < -0.3 is 20.6 Å². The number of carboxylic acid groups (broad SMARTS) is 1. The lowest BCUT2D eigenvalue weighted by molar-refractivity contribution is -0.146. The maximum absolute atomic E-state index is 12.0. The van der Waals surface area contributed by atoms with Crippen LogP contribution in [0.2, 0.25) is 0 Å². The Bertz CT molecular complexity index is 389. The first-order chi connectivity index (χ1) is 8.85. The van der Waals surface area contributed by atoms with Crippen molar-refractivity contribution < 1.29 is 24.2 Å². The number of nitrogens with one attached hydrogen (secondary N) is 1. The van der Waals surface area contributed by atoms with Gasteiger partial charge in [-0.15, -0.1) is 0 Å². The van der Waals surface area contributed by atoms with Gasteiger partial charge in [-0.05, 0) is 25.8 Å². The number of hydrogen-bond acceptors (Lipinski definition) is 4. The molecule has 1 fully saturated rings. The van der Waals surface area contributed by atoms with Crippen LogP contribution in [0.25, 0.3) is 0 Å². The third kappa shape index (κ3) is 5.28. The lowest BCUT2D eigenvalue weighted by Crippen LogP contribution is -2.51. The molecule has 0 radical (unpaired) electrons. The summed E-state index contributed by atoms with van der Waals surface area (Å²) in [4.78, 5) is 33.4. The molecule has 1 aliphatic rings. The normalized spacial score (nSPS) is 23.2. The first kappa shape index (κ1) is 16.1. The maximum atomic E-state index is 12.0. The van der Waals surface area contributed by atoms with Crippen LogP contribution in [-0.2, 0) is 14.2 Å². The first-order valence-corrected chi connectivity index (χ1v) is 8.00. The average Bonchev–Trinajstić information content (AvgIpc) is 2.31. The van der Waals surface area contributed by atoms with Crippen molar-refractivity contribution >= 4 is 19.4 Å². The maximum Gasteiger partial charge on any atom is 0.323 e. The lowest BCUT2D eigenvalue weighted by Gasteiger charge is -2.32. The Hall–Kier alpha value is -0.950. The number of likely N-dealkylation sites (tertiary alicyclic amines) is 1. The summed E-state index contributed by atoms with van der Waals surface area (Å²) in [5, 5.41) is 11.1. The van der Waals surface area contributed by atoms with Gasteiger partial charge in [0.2, 0.25) is 5.91 Å². The van der Waals surface area contributed by atoms with Gasteiger partial charge in [-0.1, -0.05) is 0 Å². The number of carboxylic acids is 1. The smallest absolute Gasteiger partial charge is 0.323 e. The minimum absolute atomic E-state index is 0.00616. The monoisotopic (exact) mass is 293 g/mol. The van der Waals surface area contributed by atoms with Gasteiger partial charge in [0.25, 0.3) is 7.52 Å². The zero-order valence-electron chi connectivity index (χ0n) is 10.6. The SMILES string of the molecule is NCCCP(=O)(O)NC1CCCN(CC(=O)O)C1=O. The minimum Gasteiger partial charge on any atom is -0.480 e. The molecule has 1 rings (SSSR count). The van der Waals surface area contributed by atoms with Crippen molar-refractivity contribution in [2.45, 2.75) is 25.3 Å². The molecule has 19 heavy (non-hydrogen) atoms. The van der Waals surface area contributed by atoms with E-state index in [1.54, 1.807) is 0 Å². The summed E-state index contributed by atoms with van der Waals surface area (Å²) in [6, 6.07) is -0.790. The molecule has 0 spiro atoms.